The first-order chi connectivity index (χ1) is 14.1. The van der Waals surface area contributed by atoms with E-state index in [1.54, 1.807) is 0 Å². The summed E-state index contributed by atoms with van der Waals surface area (Å²) in [6, 6.07) is 24.1. The standard InChI is InChI=1S/C24H23BrO3S/c1-2-27-24(26)14-19-9-6-10-22(13-19)28-23-12-11-21(25)15-20(23)17-29-16-18-7-4-3-5-8-18/h3-13,15H,2,14,16-17H2,1H3. The van der Waals surface area contributed by atoms with Gasteiger partial charge in [-0.1, -0.05) is 58.4 Å². The predicted octanol–water partition coefficient (Wildman–Crippen LogP) is 6.78. The zero-order valence-electron chi connectivity index (χ0n) is 16.3. The number of halogens is 1. The number of carbonyl (C=O) groups excluding carboxylic acids is 1. The Hall–Kier alpha value is -2.24. The Bertz CT molecular complexity index is 944. The van der Waals surface area contributed by atoms with Crippen molar-refractivity contribution in [3.63, 3.8) is 0 Å². The Morgan fingerprint density at radius 2 is 1.72 bits per heavy atom. The highest BCUT2D eigenvalue weighted by Crippen LogP contribution is 2.32. The molecule has 0 radical (unpaired) electrons. The van der Waals surface area contributed by atoms with E-state index in [0.717, 1.165) is 32.9 Å². The first-order valence-electron chi connectivity index (χ1n) is 9.46. The Kier molecular flexibility index (Phi) is 8.20. The van der Waals surface area contributed by atoms with Crippen LogP contribution in [0.25, 0.3) is 0 Å². The molecule has 3 aromatic rings. The van der Waals surface area contributed by atoms with Crippen molar-refractivity contribution in [3.05, 3.63) is 94.0 Å². The Morgan fingerprint density at radius 1 is 0.931 bits per heavy atom. The second-order valence-corrected chi connectivity index (χ2v) is 8.36. The average Bonchev–Trinajstić information content (AvgIpc) is 2.71. The summed E-state index contributed by atoms with van der Waals surface area (Å²) in [6.45, 7) is 2.19. The fourth-order valence-corrected chi connectivity index (χ4v) is 4.22. The molecule has 5 heteroatoms. The number of esters is 1. The van der Waals surface area contributed by atoms with E-state index in [-0.39, 0.29) is 12.4 Å². The van der Waals surface area contributed by atoms with Crippen molar-refractivity contribution in [3.8, 4) is 11.5 Å². The van der Waals surface area contributed by atoms with Gasteiger partial charge in [-0.25, -0.2) is 0 Å². The van der Waals surface area contributed by atoms with Crippen LogP contribution in [0.3, 0.4) is 0 Å². The van der Waals surface area contributed by atoms with Crippen LogP contribution in [-0.2, 0) is 27.5 Å². The number of ether oxygens (including phenoxy) is 2. The fourth-order valence-electron chi connectivity index (χ4n) is 2.84. The molecule has 0 aromatic heterocycles. The predicted molar refractivity (Wildman–Crippen MR) is 122 cm³/mol. The summed E-state index contributed by atoms with van der Waals surface area (Å²) < 4.78 is 12.2. The van der Waals surface area contributed by atoms with Gasteiger partial charge in [0.05, 0.1) is 13.0 Å². The Balaban J connectivity index is 1.68. The number of hydrogen-bond donors (Lipinski definition) is 0. The summed E-state index contributed by atoms with van der Waals surface area (Å²) >= 11 is 5.40. The highest BCUT2D eigenvalue weighted by molar-refractivity contribution is 9.10. The van der Waals surface area contributed by atoms with E-state index in [9.17, 15) is 4.79 Å². The third-order valence-electron chi connectivity index (χ3n) is 4.17. The van der Waals surface area contributed by atoms with Crippen molar-refractivity contribution in [2.24, 2.45) is 0 Å². The molecule has 0 unspecified atom stereocenters. The topological polar surface area (TPSA) is 35.5 Å². The van der Waals surface area contributed by atoms with Crippen LogP contribution < -0.4 is 4.74 Å². The minimum absolute atomic E-state index is 0.230. The second kappa shape index (κ2) is 11.1. The van der Waals surface area contributed by atoms with Crippen LogP contribution in [0.1, 0.15) is 23.6 Å². The third-order valence-corrected chi connectivity index (χ3v) is 5.72. The summed E-state index contributed by atoms with van der Waals surface area (Å²) in [6.07, 6.45) is 0.241. The van der Waals surface area contributed by atoms with Crippen molar-refractivity contribution in [1.82, 2.24) is 0 Å². The first-order valence-corrected chi connectivity index (χ1v) is 11.4. The molecule has 0 aliphatic rings. The first kappa shape index (κ1) is 21.5. The molecular weight excluding hydrogens is 448 g/mol. The van der Waals surface area contributed by atoms with Crippen molar-refractivity contribution in [1.29, 1.82) is 0 Å². The molecule has 0 fully saturated rings. The maximum Gasteiger partial charge on any atom is 0.310 e. The van der Waals surface area contributed by atoms with Gasteiger partial charge >= 0.3 is 5.97 Å². The second-order valence-electron chi connectivity index (χ2n) is 6.46. The van der Waals surface area contributed by atoms with Crippen molar-refractivity contribution in [2.75, 3.05) is 6.61 Å². The van der Waals surface area contributed by atoms with Crippen molar-refractivity contribution >= 4 is 33.7 Å². The molecule has 3 aromatic carbocycles. The van der Waals surface area contributed by atoms with Gasteiger partial charge in [-0.15, -0.1) is 0 Å². The maximum atomic E-state index is 11.7. The lowest BCUT2D eigenvalue weighted by Crippen LogP contribution is -2.07. The van der Waals surface area contributed by atoms with Gasteiger partial charge in [-0.05, 0) is 48.4 Å². The largest absolute Gasteiger partial charge is 0.466 e. The molecule has 29 heavy (non-hydrogen) atoms. The van der Waals surface area contributed by atoms with E-state index in [1.165, 1.54) is 5.56 Å². The van der Waals surface area contributed by atoms with Gasteiger partial charge in [0.25, 0.3) is 0 Å². The lowest BCUT2D eigenvalue weighted by Gasteiger charge is -2.13. The quantitative estimate of drug-likeness (QED) is 0.322. The molecule has 0 atom stereocenters. The molecule has 0 amide bonds. The molecule has 3 nitrogen and oxygen atoms in total. The lowest BCUT2D eigenvalue weighted by molar-refractivity contribution is -0.142. The molecule has 0 spiro atoms. The highest BCUT2D eigenvalue weighted by atomic mass is 79.9. The molecule has 0 saturated heterocycles. The van der Waals surface area contributed by atoms with Crippen LogP contribution in [0.2, 0.25) is 0 Å². The van der Waals surface area contributed by atoms with E-state index >= 15 is 0 Å². The van der Waals surface area contributed by atoms with E-state index < -0.39 is 0 Å². The SMILES string of the molecule is CCOC(=O)Cc1cccc(Oc2ccc(Br)cc2CSCc2ccccc2)c1. The molecule has 0 saturated carbocycles. The Morgan fingerprint density at radius 3 is 2.52 bits per heavy atom. The summed E-state index contributed by atoms with van der Waals surface area (Å²) in [5, 5.41) is 0. The summed E-state index contributed by atoms with van der Waals surface area (Å²) in [7, 11) is 0. The van der Waals surface area contributed by atoms with E-state index in [0.29, 0.717) is 12.4 Å². The minimum atomic E-state index is -0.230. The highest BCUT2D eigenvalue weighted by Gasteiger charge is 2.09. The van der Waals surface area contributed by atoms with Crippen LogP contribution in [0.15, 0.2) is 77.3 Å². The van der Waals surface area contributed by atoms with Gasteiger partial charge in [0.15, 0.2) is 0 Å². The van der Waals surface area contributed by atoms with Crippen LogP contribution in [0, 0.1) is 0 Å². The Labute approximate surface area is 184 Å². The van der Waals surface area contributed by atoms with Gasteiger partial charge in [0.2, 0.25) is 0 Å². The molecule has 3 rings (SSSR count). The van der Waals surface area contributed by atoms with Crippen molar-refractivity contribution in [2.45, 2.75) is 24.9 Å². The molecule has 0 aliphatic heterocycles. The lowest BCUT2D eigenvalue weighted by atomic mass is 10.1. The van der Waals surface area contributed by atoms with Crippen LogP contribution in [0.4, 0.5) is 0 Å². The summed E-state index contributed by atoms with van der Waals surface area (Å²) in [4.78, 5) is 11.7. The zero-order chi connectivity index (χ0) is 20.5. The number of benzene rings is 3. The van der Waals surface area contributed by atoms with E-state index in [4.69, 9.17) is 9.47 Å². The molecule has 0 bridgehead atoms. The fraction of sp³-hybridized carbons (Fsp3) is 0.208. The molecule has 0 heterocycles. The monoisotopic (exact) mass is 470 g/mol. The van der Waals surface area contributed by atoms with Crippen molar-refractivity contribution < 1.29 is 14.3 Å². The number of thioether (sulfide) groups is 1. The van der Waals surface area contributed by atoms with Gasteiger partial charge in [-0.3, -0.25) is 4.79 Å². The van der Waals surface area contributed by atoms with Gasteiger partial charge < -0.3 is 9.47 Å². The third kappa shape index (κ3) is 6.94. The van der Waals surface area contributed by atoms with Gasteiger partial charge in [0, 0.05) is 21.5 Å². The molecule has 0 N–H and O–H groups in total. The van der Waals surface area contributed by atoms with E-state index in [1.807, 2.05) is 61.2 Å². The molecule has 150 valence electrons. The number of carbonyl (C=O) groups is 1. The average molecular weight is 471 g/mol. The van der Waals surface area contributed by atoms with E-state index in [2.05, 4.69) is 46.3 Å². The minimum Gasteiger partial charge on any atom is -0.466 e. The number of rotatable bonds is 9. The number of hydrogen-bond acceptors (Lipinski definition) is 4. The van der Waals surface area contributed by atoms with Gasteiger partial charge in [-0.2, -0.15) is 11.8 Å². The van der Waals surface area contributed by atoms with Gasteiger partial charge in [0.1, 0.15) is 11.5 Å². The normalized spacial score (nSPS) is 10.6. The zero-order valence-corrected chi connectivity index (χ0v) is 18.7. The van der Waals surface area contributed by atoms with Crippen LogP contribution in [0.5, 0.6) is 11.5 Å². The van der Waals surface area contributed by atoms with Crippen LogP contribution >= 0.6 is 27.7 Å². The summed E-state index contributed by atoms with van der Waals surface area (Å²) in [5.41, 5.74) is 3.30. The molecular formula is C24H23BrO3S. The maximum absolute atomic E-state index is 11.7. The smallest absolute Gasteiger partial charge is 0.310 e. The molecule has 0 aliphatic carbocycles. The summed E-state index contributed by atoms with van der Waals surface area (Å²) in [5.74, 6) is 3.09. The van der Waals surface area contributed by atoms with Crippen LogP contribution in [-0.4, -0.2) is 12.6 Å².